The van der Waals surface area contributed by atoms with Crippen LogP contribution in [-0.2, 0) is 11.3 Å². The van der Waals surface area contributed by atoms with Gasteiger partial charge in [0.2, 0.25) is 11.8 Å². The fourth-order valence-electron chi connectivity index (χ4n) is 3.46. The standard InChI is InChI=1S/C20H27N5O3/c1-28-18-14-16(8-11-21-18)20(27)24-17-6-4-15(5-7-17)19(26)22-9-2-12-25-13-3-10-23-25/h3,8,10-11,13-15,17H,2,4-7,9,12H2,1H3,(H,22,26)(H,24,27). The SMILES string of the molecule is COc1cc(C(=O)NC2CCC(C(=O)NCCCn3cccn3)CC2)ccn1. The molecule has 1 aliphatic rings. The number of carbonyl (C=O) groups excluding carboxylic acids is 2. The van der Waals surface area contributed by atoms with Crippen molar-refractivity contribution in [2.24, 2.45) is 5.92 Å². The highest BCUT2D eigenvalue weighted by molar-refractivity contribution is 5.94. The molecule has 0 spiro atoms. The predicted molar refractivity (Wildman–Crippen MR) is 104 cm³/mol. The molecule has 28 heavy (non-hydrogen) atoms. The first kappa shape index (κ1) is 19.9. The number of hydrogen-bond acceptors (Lipinski definition) is 5. The molecule has 1 saturated carbocycles. The van der Waals surface area contributed by atoms with Crippen LogP contribution in [0.15, 0.2) is 36.8 Å². The second-order valence-corrected chi connectivity index (χ2v) is 7.02. The van der Waals surface area contributed by atoms with Gasteiger partial charge >= 0.3 is 0 Å². The summed E-state index contributed by atoms with van der Waals surface area (Å²) in [5, 5.41) is 10.2. The zero-order valence-electron chi connectivity index (χ0n) is 16.1. The van der Waals surface area contributed by atoms with E-state index in [0.717, 1.165) is 38.6 Å². The summed E-state index contributed by atoms with van der Waals surface area (Å²) in [4.78, 5) is 28.7. The second kappa shape index (κ2) is 9.87. The van der Waals surface area contributed by atoms with Gasteiger partial charge in [0.25, 0.3) is 5.91 Å². The first-order valence-electron chi connectivity index (χ1n) is 9.71. The number of pyridine rings is 1. The highest BCUT2D eigenvalue weighted by Crippen LogP contribution is 2.25. The number of ether oxygens (including phenoxy) is 1. The number of rotatable bonds is 8. The van der Waals surface area contributed by atoms with Crippen LogP contribution in [0, 0.1) is 5.92 Å². The molecule has 3 rings (SSSR count). The number of hydrogen-bond donors (Lipinski definition) is 2. The number of amides is 2. The summed E-state index contributed by atoms with van der Waals surface area (Å²) >= 11 is 0. The third kappa shape index (κ3) is 5.55. The topological polar surface area (TPSA) is 98.1 Å². The normalized spacial score (nSPS) is 19.0. The summed E-state index contributed by atoms with van der Waals surface area (Å²) in [7, 11) is 1.52. The van der Waals surface area contributed by atoms with E-state index in [1.54, 1.807) is 24.5 Å². The van der Waals surface area contributed by atoms with Crippen molar-refractivity contribution in [3.63, 3.8) is 0 Å². The molecule has 1 aliphatic carbocycles. The van der Waals surface area contributed by atoms with Crippen molar-refractivity contribution in [1.82, 2.24) is 25.4 Å². The molecular weight excluding hydrogens is 358 g/mol. The number of aryl methyl sites for hydroxylation is 1. The Balaban J connectivity index is 1.36. The van der Waals surface area contributed by atoms with Crippen LogP contribution < -0.4 is 15.4 Å². The van der Waals surface area contributed by atoms with Gasteiger partial charge in [-0.05, 0) is 44.2 Å². The van der Waals surface area contributed by atoms with Crippen molar-refractivity contribution in [3.05, 3.63) is 42.4 Å². The van der Waals surface area contributed by atoms with Crippen molar-refractivity contribution in [1.29, 1.82) is 0 Å². The number of nitrogens with zero attached hydrogens (tertiary/aromatic N) is 3. The van der Waals surface area contributed by atoms with E-state index >= 15 is 0 Å². The third-order valence-electron chi connectivity index (χ3n) is 5.06. The van der Waals surface area contributed by atoms with Crippen molar-refractivity contribution < 1.29 is 14.3 Å². The van der Waals surface area contributed by atoms with Crippen LogP contribution in [0.4, 0.5) is 0 Å². The van der Waals surface area contributed by atoms with Gasteiger partial charge < -0.3 is 15.4 Å². The highest BCUT2D eigenvalue weighted by Gasteiger charge is 2.27. The maximum atomic E-state index is 12.4. The minimum Gasteiger partial charge on any atom is -0.481 e. The maximum Gasteiger partial charge on any atom is 0.251 e. The molecule has 0 unspecified atom stereocenters. The van der Waals surface area contributed by atoms with Gasteiger partial charge in [0.05, 0.1) is 7.11 Å². The molecule has 2 heterocycles. The molecule has 0 radical (unpaired) electrons. The summed E-state index contributed by atoms with van der Waals surface area (Å²) < 4.78 is 6.92. The lowest BCUT2D eigenvalue weighted by Crippen LogP contribution is -2.41. The van der Waals surface area contributed by atoms with Gasteiger partial charge in [0, 0.05) is 55.3 Å². The molecule has 150 valence electrons. The van der Waals surface area contributed by atoms with E-state index in [-0.39, 0.29) is 23.8 Å². The van der Waals surface area contributed by atoms with Crippen molar-refractivity contribution in [2.75, 3.05) is 13.7 Å². The van der Waals surface area contributed by atoms with E-state index in [1.807, 2.05) is 16.9 Å². The Hall–Kier alpha value is -2.90. The lowest BCUT2D eigenvalue weighted by molar-refractivity contribution is -0.126. The molecule has 1 fully saturated rings. The quantitative estimate of drug-likeness (QED) is 0.675. The van der Waals surface area contributed by atoms with Gasteiger partial charge in [0.15, 0.2) is 0 Å². The summed E-state index contributed by atoms with van der Waals surface area (Å²) in [6, 6.07) is 5.27. The van der Waals surface area contributed by atoms with Gasteiger partial charge in [-0.3, -0.25) is 14.3 Å². The lowest BCUT2D eigenvalue weighted by Gasteiger charge is -2.28. The summed E-state index contributed by atoms with van der Waals surface area (Å²) in [6.45, 7) is 1.45. The van der Waals surface area contributed by atoms with E-state index in [2.05, 4.69) is 20.7 Å². The van der Waals surface area contributed by atoms with E-state index < -0.39 is 0 Å². The number of carbonyl (C=O) groups is 2. The Morgan fingerprint density at radius 1 is 1.25 bits per heavy atom. The monoisotopic (exact) mass is 385 g/mol. The third-order valence-corrected chi connectivity index (χ3v) is 5.06. The van der Waals surface area contributed by atoms with Gasteiger partial charge in [-0.25, -0.2) is 4.98 Å². The Morgan fingerprint density at radius 3 is 2.79 bits per heavy atom. The Morgan fingerprint density at radius 2 is 2.07 bits per heavy atom. The van der Waals surface area contributed by atoms with E-state index in [1.165, 1.54) is 7.11 Å². The smallest absolute Gasteiger partial charge is 0.251 e. The molecule has 2 N–H and O–H groups in total. The Bertz CT molecular complexity index is 770. The minimum atomic E-state index is -0.132. The van der Waals surface area contributed by atoms with Crippen molar-refractivity contribution in [3.8, 4) is 5.88 Å². The van der Waals surface area contributed by atoms with Crippen molar-refractivity contribution >= 4 is 11.8 Å². The second-order valence-electron chi connectivity index (χ2n) is 7.02. The van der Waals surface area contributed by atoms with E-state index in [4.69, 9.17) is 4.74 Å². The zero-order chi connectivity index (χ0) is 19.8. The van der Waals surface area contributed by atoms with Gasteiger partial charge in [-0.1, -0.05) is 0 Å². The van der Waals surface area contributed by atoms with E-state index in [0.29, 0.717) is 18.0 Å². The van der Waals surface area contributed by atoms with Crippen LogP contribution in [0.2, 0.25) is 0 Å². The molecule has 0 aromatic carbocycles. The van der Waals surface area contributed by atoms with Crippen LogP contribution in [-0.4, -0.2) is 46.3 Å². The van der Waals surface area contributed by atoms with Gasteiger partial charge in [0.1, 0.15) is 0 Å². The molecule has 0 atom stereocenters. The summed E-state index contributed by atoms with van der Waals surface area (Å²) in [6.07, 6.45) is 9.26. The Labute approximate surface area is 164 Å². The molecule has 2 aromatic heterocycles. The summed E-state index contributed by atoms with van der Waals surface area (Å²) in [5.41, 5.74) is 0.531. The molecule has 0 bridgehead atoms. The molecular formula is C20H27N5O3. The first-order chi connectivity index (χ1) is 13.7. The largest absolute Gasteiger partial charge is 0.481 e. The fourth-order valence-corrected chi connectivity index (χ4v) is 3.46. The van der Waals surface area contributed by atoms with Crippen LogP contribution >= 0.6 is 0 Å². The molecule has 0 aliphatic heterocycles. The van der Waals surface area contributed by atoms with Crippen LogP contribution in [0.1, 0.15) is 42.5 Å². The van der Waals surface area contributed by atoms with Crippen molar-refractivity contribution in [2.45, 2.75) is 44.7 Å². The highest BCUT2D eigenvalue weighted by atomic mass is 16.5. The number of nitrogens with one attached hydrogen (secondary N) is 2. The minimum absolute atomic E-state index is 0.0267. The number of aromatic nitrogens is 3. The molecule has 0 saturated heterocycles. The van der Waals surface area contributed by atoms with Crippen LogP contribution in [0.25, 0.3) is 0 Å². The zero-order valence-corrected chi connectivity index (χ0v) is 16.1. The maximum absolute atomic E-state index is 12.4. The molecule has 2 amide bonds. The predicted octanol–water partition coefficient (Wildman–Crippen LogP) is 1.78. The molecule has 8 nitrogen and oxygen atoms in total. The molecule has 2 aromatic rings. The van der Waals surface area contributed by atoms with Crippen LogP contribution in [0.3, 0.4) is 0 Å². The average Bonchev–Trinajstić information content (AvgIpc) is 3.25. The summed E-state index contributed by atoms with van der Waals surface area (Å²) in [5.74, 6) is 0.427. The Kier molecular flexibility index (Phi) is 7.00. The van der Waals surface area contributed by atoms with E-state index in [9.17, 15) is 9.59 Å². The first-order valence-corrected chi connectivity index (χ1v) is 9.71. The molecule has 8 heteroatoms. The fraction of sp³-hybridized carbons (Fsp3) is 0.500. The van der Waals surface area contributed by atoms with Crippen LogP contribution in [0.5, 0.6) is 5.88 Å². The van der Waals surface area contributed by atoms with Gasteiger partial charge in [-0.2, -0.15) is 5.10 Å². The van der Waals surface area contributed by atoms with Gasteiger partial charge in [-0.15, -0.1) is 0 Å². The average molecular weight is 385 g/mol. The lowest BCUT2D eigenvalue weighted by atomic mass is 9.85. The number of methoxy groups -OCH3 is 1.